The number of hydrogen-bond donors (Lipinski definition) is 2. The van der Waals surface area contributed by atoms with Crippen LogP contribution in [0, 0.1) is 17.8 Å². The van der Waals surface area contributed by atoms with Crippen molar-refractivity contribution in [3.05, 3.63) is 126 Å². The Hall–Kier alpha value is -5.23. The van der Waals surface area contributed by atoms with Gasteiger partial charge in [-0.2, -0.15) is 0 Å². The molecule has 3 amide bonds. The molecule has 49 heavy (non-hydrogen) atoms. The molecule has 5 aromatic rings. The summed E-state index contributed by atoms with van der Waals surface area (Å²) in [4.78, 5) is 43.7. The van der Waals surface area contributed by atoms with E-state index in [2.05, 4.69) is 54.7 Å². The third-order valence-electron chi connectivity index (χ3n) is 10.2. The lowest BCUT2D eigenvalue weighted by atomic mass is 9.82. The van der Waals surface area contributed by atoms with Crippen LogP contribution in [0.2, 0.25) is 0 Å². The Morgan fingerprint density at radius 3 is 2.29 bits per heavy atom. The molecule has 0 radical (unpaired) electrons. The van der Waals surface area contributed by atoms with Gasteiger partial charge in [-0.15, -0.1) is 0 Å². The molecule has 1 heterocycles. The van der Waals surface area contributed by atoms with Crippen LogP contribution in [0.25, 0.3) is 33.0 Å². The minimum absolute atomic E-state index is 0.212. The van der Waals surface area contributed by atoms with Crippen molar-refractivity contribution in [2.24, 2.45) is 23.5 Å². The lowest BCUT2D eigenvalue weighted by Gasteiger charge is -2.29. The maximum absolute atomic E-state index is 14.9. The van der Waals surface area contributed by atoms with Gasteiger partial charge in [0.25, 0.3) is 5.91 Å². The van der Waals surface area contributed by atoms with Crippen LogP contribution in [0.15, 0.2) is 115 Å². The molecule has 2 aliphatic rings. The van der Waals surface area contributed by atoms with Crippen molar-refractivity contribution in [3.8, 4) is 22.3 Å². The highest BCUT2D eigenvalue weighted by Crippen LogP contribution is 2.42. The van der Waals surface area contributed by atoms with Gasteiger partial charge in [-0.05, 0) is 75.5 Å². The van der Waals surface area contributed by atoms with Crippen molar-refractivity contribution >= 4 is 34.2 Å². The van der Waals surface area contributed by atoms with Crippen LogP contribution >= 0.6 is 0 Å². The monoisotopic (exact) mass is 649 g/mol. The number of benzene rings is 5. The van der Waals surface area contributed by atoms with Gasteiger partial charge in [-0.25, -0.2) is 0 Å². The molecule has 1 aliphatic heterocycles. The standard InChI is InChI=1S/C43H43N3O3/c1-2-3-15-37(41(44)47)38(25-28-20-21-28)42(48)45-40-36-18-7-6-16-34(36)35-17-8-9-19-39(35)46(43(40)49)27-29-11-10-14-31(24-29)33-23-22-30-12-4-5-13-32(30)26-33/h4-14,16-19,22-24,26,28,37-38,40H,2-3,15,20-21,25,27H2,1H3,(H2,44,47)(H,45,48)/t37-,38+,40?/m0/s1. The summed E-state index contributed by atoms with van der Waals surface area (Å²) in [7, 11) is 0. The van der Waals surface area contributed by atoms with Crippen LogP contribution in [0.5, 0.6) is 0 Å². The average molecular weight is 650 g/mol. The Bertz CT molecular complexity index is 2020. The summed E-state index contributed by atoms with van der Waals surface area (Å²) < 4.78 is 0. The number of fused-ring (bicyclic) bond motifs is 4. The lowest BCUT2D eigenvalue weighted by molar-refractivity contribution is -0.136. The molecule has 5 aromatic carbocycles. The third kappa shape index (κ3) is 6.86. The van der Waals surface area contributed by atoms with Crippen LogP contribution in [0.4, 0.5) is 5.69 Å². The lowest BCUT2D eigenvalue weighted by Crippen LogP contribution is -2.46. The summed E-state index contributed by atoms with van der Waals surface area (Å²) in [6.07, 6.45) is 5.00. The van der Waals surface area contributed by atoms with E-state index in [1.807, 2.05) is 72.8 Å². The molecule has 3 N–H and O–H groups in total. The van der Waals surface area contributed by atoms with Gasteiger partial charge in [-0.1, -0.05) is 130 Å². The number of carbonyl (C=O) groups is 3. The second-order valence-corrected chi connectivity index (χ2v) is 13.7. The van der Waals surface area contributed by atoms with Crippen LogP contribution in [-0.4, -0.2) is 17.7 Å². The van der Waals surface area contributed by atoms with Crippen molar-refractivity contribution in [2.75, 3.05) is 4.90 Å². The first-order chi connectivity index (χ1) is 23.9. The minimum Gasteiger partial charge on any atom is -0.369 e. The molecule has 1 saturated carbocycles. The molecule has 3 atom stereocenters. The van der Waals surface area contributed by atoms with E-state index in [4.69, 9.17) is 5.73 Å². The van der Waals surface area contributed by atoms with Crippen molar-refractivity contribution in [1.29, 1.82) is 0 Å². The predicted molar refractivity (Wildman–Crippen MR) is 196 cm³/mol. The molecular formula is C43H43N3O3. The summed E-state index contributed by atoms with van der Waals surface area (Å²) in [6, 6.07) is 37.9. The van der Waals surface area contributed by atoms with Crippen molar-refractivity contribution in [2.45, 2.75) is 58.0 Å². The van der Waals surface area contributed by atoms with Crippen molar-refractivity contribution < 1.29 is 14.4 Å². The highest BCUT2D eigenvalue weighted by Gasteiger charge is 2.40. The predicted octanol–water partition coefficient (Wildman–Crippen LogP) is 8.59. The van der Waals surface area contributed by atoms with Gasteiger partial charge in [0.15, 0.2) is 0 Å². The second kappa shape index (κ2) is 14.1. The first kappa shape index (κ1) is 32.3. The Kier molecular flexibility index (Phi) is 9.30. The fourth-order valence-electron chi connectivity index (χ4n) is 7.42. The van der Waals surface area contributed by atoms with Gasteiger partial charge in [0.05, 0.1) is 12.2 Å². The Morgan fingerprint density at radius 2 is 1.51 bits per heavy atom. The molecule has 0 bridgehead atoms. The van der Waals surface area contributed by atoms with Gasteiger partial charge in [0.2, 0.25) is 11.8 Å². The molecule has 248 valence electrons. The second-order valence-electron chi connectivity index (χ2n) is 13.7. The number of rotatable bonds is 12. The first-order valence-corrected chi connectivity index (χ1v) is 17.6. The summed E-state index contributed by atoms with van der Waals surface area (Å²) in [5.41, 5.74) is 12.5. The van der Waals surface area contributed by atoms with Gasteiger partial charge in [-0.3, -0.25) is 14.4 Å². The normalized spacial score (nSPS) is 16.7. The third-order valence-corrected chi connectivity index (χ3v) is 10.2. The van der Waals surface area contributed by atoms with E-state index in [1.165, 1.54) is 10.8 Å². The number of para-hydroxylation sites is 1. The number of anilines is 1. The molecule has 7 rings (SSSR count). The zero-order valence-corrected chi connectivity index (χ0v) is 28.0. The molecule has 6 nitrogen and oxygen atoms in total. The number of unbranched alkanes of at least 4 members (excludes halogenated alkanes) is 1. The summed E-state index contributed by atoms with van der Waals surface area (Å²) >= 11 is 0. The van der Waals surface area contributed by atoms with E-state index in [9.17, 15) is 14.4 Å². The number of amides is 3. The molecule has 0 saturated heterocycles. The quantitative estimate of drug-likeness (QED) is 0.142. The highest BCUT2D eigenvalue weighted by atomic mass is 16.2. The Balaban J connectivity index is 1.24. The molecule has 1 unspecified atom stereocenters. The average Bonchev–Trinajstić information content (AvgIpc) is 3.97. The zero-order valence-electron chi connectivity index (χ0n) is 28.0. The molecular weight excluding hydrogens is 606 g/mol. The van der Waals surface area contributed by atoms with Gasteiger partial charge >= 0.3 is 0 Å². The molecule has 0 aromatic heterocycles. The largest absolute Gasteiger partial charge is 0.369 e. The highest BCUT2D eigenvalue weighted by molar-refractivity contribution is 6.06. The van der Waals surface area contributed by atoms with Gasteiger partial charge in [0.1, 0.15) is 6.04 Å². The van der Waals surface area contributed by atoms with E-state index >= 15 is 0 Å². The smallest absolute Gasteiger partial charge is 0.254 e. The number of primary amides is 1. The zero-order chi connectivity index (χ0) is 33.9. The van der Waals surface area contributed by atoms with E-state index in [-0.39, 0.29) is 11.8 Å². The van der Waals surface area contributed by atoms with Crippen LogP contribution in [0.1, 0.15) is 62.6 Å². The van der Waals surface area contributed by atoms with Gasteiger partial charge < -0.3 is 16.0 Å². The maximum atomic E-state index is 14.9. The van der Waals surface area contributed by atoms with E-state index in [1.54, 1.807) is 4.90 Å². The fraction of sp³-hybridized carbons (Fsp3) is 0.279. The molecule has 1 aliphatic carbocycles. The number of nitrogens with zero attached hydrogens (tertiary/aromatic N) is 1. The SMILES string of the molecule is CCCC[C@H](C(N)=O)[C@@H](CC1CC1)C(=O)NC1C(=O)N(Cc2cccc(-c3ccc4ccccc4c3)c2)c2ccccc2-c2ccccc21. The van der Waals surface area contributed by atoms with Crippen LogP contribution < -0.4 is 16.0 Å². The molecule has 6 heteroatoms. The first-order valence-electron chi connectivity index (χ1n) is 17.6. The number of hydrogen-bond acceptors (Lipinski definition) is 3. The van der Waals surface area contributed by atoms with E-state index in [0.717, 1.165) is 64.8 Å². The maximum Gasteiger partial charge on any atom is 0.254 e. The number of nitrogens with two attached hydrogens (primary N) is 1. The fourth-order valence-corrected chi connectivity index (χ4v) is 7.42. The number of carbonyl (C=O) groups excluding carboxylic acids is 3. The van der Waals surface area contributed by atoms with Crippen molar-refractivity contribution in [1.82, 2.24) is 5.32 Å². The van der Waals surface area contributed by atoms with Gasteiger partial charge in [0, 0.05) is 17.4 Å². The van der Waals surface area contributed by atoms with Crippen LogP contribution in [-0.2, 0) is 20.9 Å². The van der Waals surface area contributed by atoms with Crippen molar-refractivity contribution in [3.63, 3.8) is 0 Å². The topological polar surface area (TPSA) is 92.5 Å². The molecule has 0 spiro atoms. The van der Waals surface area contributed by atoms with E-state index < -0.39 is 23.8 Å². The Morgan fingerprint density at radius 1 is 0.796 bits per heavy atom. The van der Waals surface area contributed by atoms with Crippen LogP contribution in [0.3, 0.4) is 0 Å². The number of nitrogens with one attached hydrogen (secondary N) is 1. The Labute approximate surface area is 288 Å². The van der Waals surface area contributed by atoms with E-state index in [0.29, 0.717) is 25.3 Å². The summed E-state index contributed by atoms with van der Waals surface area (Å²) in [5, 5.41) is 5.54. The summed E-state index contributed by atoms with van der Waals surface area (Å²) in [6.45, 7) is 2.39. The molecule has 1 fully saturated rings. The minimum atomic E-state index is -0.929. The summed E-state index contributed by atoms with van der Waals surface area (Å²) in [5.74, 6) is -1.66.